The molecule has 1 saturated heterocycles. The van der Waals surface area contributed by atoms with Crippen molar-refractivity contribution in [3.63, 3.8) is 0 Å². The molecule has 2 heterocycles. The lowest BCUT2D eigenvalue weighted by Gasteiger charge is -2.35. The van der Waals surface area contributed by atoms with Crippen molar-refractivity contribution in [2.24, 2.45) is 5.92 Å². The third-order valence-electron chi connectivity index (χ3n) is 5.94. The van der Waals surface area contributed by atoms with E-state index in [2.05, 4.69) is 4.98 Å². The van der Waals surface area contributed by atoms with Crippen LogP contribution in [0.2, 0.25) is 0 Å². The fraction of sp³-hybridized carbons (Fsp3) is 0.524. The van der Waals surface area contributed by atoms with Crippen LogP contribution in [0.5, 0.6) is 0 Å². The number of aromatic nitrogens is 1. The summed E-state index contributed by atoms with van der Waals surface area (Å²) < 4.78 is 0. The Bertz CT molecular complexity index is 783. The molecule has 26 heavy (non-hydrogen) atoms. The molecule has 1 aromatic carbocycles. The van der Waals surface area contributed by atoms with E-state index >= 15 is 0 Å². The molecule has 0 atom stereocenters. The van der Waals surface area contributed by atoms with Gasteiger partial charge in [-0.25, -0.2) is 0 Å². The molecule has 1 saturated carbocycles. The van der Waals surface area contributed by atoms with Crippen molar-refractivity contribution in [3.05, 3.63) is 36.0 Å². The molecule has 2 aromatic rings. The maximum atomic E-state index is 12.7. The first-order valence-electron chi connectivity index (χ1n) is 9.81. The van der Waals surface area contributed by atoms with Crippen molar-refractivity contribution in [1.82, 2.24) is 14.8 Å². The quantitative estimate of drug-likeness (QED) is 0.919. The van der Waals surface area contributed by atoms with Crippen LogP contribution in [0.4, 0.5) is 0 Å². The summed E-state index contributed by atoms with van der Waals surface area (Å²) in [5.74, 6) is 1.02. The smallest absolute Gasteiger partial charge is 0.227 e. The molecule has 1 N–H and O–H groups in total. The molecule has 1 aliphatic carbocycles. The molecule has 0 unspecified atom stereocenters. The van der Waals surface area contributed by atoms with Crippen molar-refractivity contribution in [2.75, 3.05) is 26.2 Å². The van der Waals surface area contributed by atoms with Crippen molar-refractivity contribution in [1.29, 1.82) is 0 Å². The fourth-order valence-electron chi connectivity index (χ4n) is 4.35. The van der Waals surface area contributed by atoms with Gasteiger partial charge in [-0.05, 0) is 30.4 Å². The Morgan fingerprint density at radius 3 is 2.35 bits per heavy atom. The number of carbonyl (C=O) groups excluding carboxylic acids is 2. The Hall–Kier alpha value is -2.30. The van der Waals surface area contributed by atoms with E-state index in [1.807, 2.05) is 40.3 Å². The van der Waals surface area contributed by atoms with Gasteiger partial charge in [0.2, 0.25) is 11.8 Å². The van der Waals surface area contributed by atoms with E-state index in [0.717, 1.165) is 16.5 Å². The van der Waals surface area contributed by atoms with Crippen molar-refractivity contribution < 1.29 is 9.59 Å². The van der Waals surface area contributed by atoms with Gasteiger partial charge >= 0.3 is 0 Å². The van der Waals surface area contributed by atoms with Gasteiger partial charge in [0.05, 0.1) is 6.42 Å². The van der Waals surface area contributed by atoms with E-state index in [1.54, 1.807) is 0 Å². The predicted molar refractivity (Wildman–Crippen MR) is 102 cm³/mol. The van der Waals surface area contributed by atoms with Gasteiger partial charge in [-0.15, -0.1) is 0 Å². The summed E-state index contributed by atoms with van der Waals surface area (Å²) >= 11 is 0. The van der Waals surface area contributed by atoms with E-state index in [0.29, 0.717) is 44.9 Å². The summed E-state index contributed by atoms with van der Waals surface area (Å²) in [5, 5.41) is 1.12. The van der Waals surface area contributed by atoms with Gasteiger partial charge in [0, 0.05) is 49.7 Å². The summed E-state index contributed by atoms with van der Waals surface area (Å²) in [6.07, 6.45) is 8.00. The molecule has 5 heteroatoms. The van der Waals surface area contributed by atoms with Gasteiger partial charge in [-0.1, -0.05) is 31.0 Å². The van der Waals surface area contributed by atoms with Crippen LogP contribution in [0.15, 0.2) is 30.5 Å². The molecular weight excluding hydrogens is 326 g/mol. The second-order valence-electron chi connectivity index (χ2n) is 7.65. The first kappa shape index (κ1) is 17.1. The molecule has 2 fully saturated rings. The van der Waals surface area contributed by atoms with Crippen LogP contribution in [0.3, 0.4) is 0 Å². The Labute approximate surface area is 154 Å². The highest BCUT2D eigenvalue weighted by Gasteiger charge is 2.27. The lowest BCUT2D eigenvalue weighted by molar-refractivity contribution is -0.139. The van der Waals surface area contributed by atoms with Gasteiger partial charge in [0.25, 0.3) is 0 Å². The summed E-state index contributed by atoms with van der Waals surface area (Å²) in [7, 11) is 0. The highest BCUT2D eigenvalue weighted by Crippen LogP contribution is 2.28. The summed E-state index contributed by atoms with van der Waals surface area (Å²) in [6, 6.07) is 8.07. The van der Waals surface area contributed by atoms with E-state index < -0.39 is 0 Å². The zero-order chi connectivity index (χ0) is 17.9. The van der Waals surface area contributed by atoms with Gasteiger partial charge in [-0.2, -0.15) is 0 Å². The summed E-state index contributed by atoms with van der Waals surface area (Å²) in [5.41, 5.74) is 2.11. The largest absolute Gasteiger partial charge is 0.361 e. The molecule has 1 aromatic heterocycles. The molecule has 2 amide bonds. The number of carbonyl (C=O) groups is 2. The van der Waals surface area contributed by atoms with Crippen LogP contribution in [0, 0.1) is 5.92 Å². The first-order valence-corrected chi connectivity index (χ1v) is 9.81. The lowest BCUT2D eigenvalue weighted by Crippen LogP contribution is -2.51. The number of piperazine rings is 1. The molecule has 2 aliphatic rings. The number of fused-ring (bicyclic) bond motifs is 1. The lowest BCUT2D eigenvalue weighted by atomic mass is 10.0. The van der Waals surface area contributed by atoms with Gasteiger partial charge in [0.15, 0.2) is 0 Å². The standard InChI is InChI=1S/C21H27N3O2/c25-20(13-16-5-1-2-6-16)23-9-11-24(12-10-23)21(26)14-17-15-22-19-8-4-3-7-18(17)19/h3-4,7-8,15-16,22H,1-2,5-6,9-14H2. The van der Waals surface area contributed by atoms with E-state index in [1.165, 1.54) is 25.7 Å². The van der Waals surface area contributed by atoms with Crippen LogP contribution >= 0.6 is 0 Å². The number of nitrogens with zero attached hydrogens (tertiary/aromatic N) is 2. The number of amides is 2. The van der Waals surface area contributed by atoms with Crippen LogP contribution in [-0.4, -0.2) is 52.8 Å². The van der Waals surface area contributed by atoms with Crippen molar-refractivity contribution >= 4 is 22.7 Å². The van der Waals surface area contributed by atoms with Crippen LogP contribution in [-0.2, 0) is 16.0 Å². The van der Waals surface area contributed by atoms with Gasteiger partial charge in [0.1, 0.15) is 0 Å². The Balaban J connectivity index is 1.30. The summed E-state index contributed by atoms with van der Waals surface area (Å²) in [4.78, 5) is 32.2. The normalized spacial score (nSPS) is 18.6. The number of benzene rings is 1. The zero-order valence-corrected chi connectivity index (χ0v) is 15.2. The van der Waals surface area contributed by atoms with E-state index in [4.69, 9.17) is 0 Å². The average Bonchev–Trinajstić information content (AvgIpc) is 3.32. The third-order valence-corrected chi connectivity index (χ3v) is 5.94. The van der Waals surface area contributed by atoms with E-state index in [9.17, 15) is 9.59 Å². The Morgan fingerprint density at radius 2 is 1.62 bits per heavy atom. The maximum absolute atomic E-state index is 12.7. The second-order valence-corrected chi connectivity index (χ2v) is 7.65. The monoisotopic (exact) mass is 353 g/mol. The summed E-state index contributed by atoms with van der Waals surface area (Å²) in [6.45, 7) is 2.64. The SMILES string of the molecule is O=C(Cc1c[nH]c2ccccc12)N1CCN(C(=O)CC2CCCC2)CC1. The third kappa shape index (κ3) is 3.62. The molecule has 1 aliphatic heterocycles. The van der Waals surface area contributed by atoms with Crippen molar-refractivity contribution in [3.8, 4) is 0 Å². The second kappa shape index (κ2) is 7.52. The van der Waals surface area contributed by atoms with Crippen LogP contribution < -0.4 is 0 Å². The number of hydrogen-bond acceptors (Lipinski definition) is 2. The Morgan fingerprint density at radius 1 is 0.962 bits per heavy atom. The van der Waals surface area contributed by atoms with E-state index in [-0.39, 0.29) is 11.8 Å². The minimum Gasteiger partial charge on any atom is -0.361 e. The first-order chi connectivity index (χ1) is 12.7. The van der Waals surface area contributed by atoms with Gasteiger partial charge < -0.3 is 14.8 Å². The molecule has 5 nitrogen and oxygen atoms in total. The highest BCUT2D eigenvalue weighted by atomic mass is 16.2. The number of hydrogen-bond donors (Lipinski definition) is 1. The average molecular weight is 353 g/mol. The molecule has 138 valence electrons. The number of nitrogens with one attached hydrogen (secondary N) is 1. The minimum atomic E-state index is 0.151. The number of H-pyrrole nitrogens is 1. The molecule has 0 radical (unpaired) electrons. The minimum absolute atomic E-state index is 0.151. The number of rotatable bonds is 4. The van der Waals surface area contributed by atoms with Crippen molar-refractivity contribution in [2.45, 2.75) is 38.5 Å². The van der Waals surface area contributed by atoms with Crippen LogP contribution in [0.25, 0.3) is 10.9 Å². The molecule has 4 rings (SSSR count). The molecule has 0 bridgehead atoms. The highest BCUT2D eigenvalue weighted by molar-refractivity contribution is 5.89. The van der Waals surface area contributed by atoms with Gasteiger partial charge in [-0.3, -0.25) is 9.59 Å². The maximum Gasteiger partial charge on any atom is 0.227 e. The molecular formula is C21H27N3O2. The number of aromatic amines is 1. The predicted octanol–water partition coefficient (Wildman–Crippen LogP) is 2.96. The molecule has 0 spiro atoms. The number of para-hydroxylation sites is 1. The zero-order valence-electron chi connectivity index (χ0n) is 15.2. The van der Waals surface area contributed by atoms with Crippen LogP contribution in [0.1, 0.15) is 37.7 Å². The fourth-order valence-corrected chi connectivity index (χ4v) is 4.35. The topological polar surface area (TPSA) is 56.4 Å². The Kier molecular flexibility index (Phi) is 4.96.